The van der Waals surface area contributed by atoms with E-state index in [0.717, 1.165) is 32.1 Å². The van der Waals surface area contributed by atoms with Gasteiger partial charge < -0.3 is 9.47 Å². The maximum Gasteiger partial charge on any atom is 0.387 e. The number of benzene rings is 1. The Labute approximate surface area is 127 Å². The van der Waals surface area contributed by atoms with Crippen molar-refractivity contribution in [2.45, 2.75) is 38.7 Å². The predicted molar refractivity (Wildman–Crippen MR) is 74.9 cm³/mol. The quantitative estimate of drug-likeness (QED) is 0.595. The highest BCUT2D eigenvalue weighted by Gasteiger charge is 2.23. The second-order valence-corrected chi connectivity index (χ2v) is 5.27. The first kappa shape index (κ1) is 16.4. The van der Waals surface area contributed by atoms with E-state index in [1.165, 1.54) is 24.3 Å². The van der Waals surface area contributed by atoms with Crippen LogP contribution >= 0.6 is 0 Å². The van der Waals surface area contributed by atoms with Crippen molar-refractivity contribution in [1.29, 1.82) is 0 Å². The molecule has 0 atom stereocenters. The van der Waals surface area contributed by atoms with Crippen LogP contribution in [0.5, 0.6) is 5.75 Å². The smallest absolute Gasteiger partial charge is 0.387 e. The minimum atomic E-state index is -2.90. The summed E-state index contributed by atoms with van der Waals surface area (Å²) in [6, 6.07) is 5.30. The van der Waals surface area contributed by atoms with Gasteiger partial charge in [0.15, 0.2) is 12.4 Å². The Morgan fingerprint density at radius 3 is 2.32 bits per heavy atom. The first-order valence-corrected chi connectivity index (χ1v) is 7.31. The fourth-order valence-corrected chi connectivity index (χ4v) is 2.50. The Bertz CT molecular complexity index is 507. The molecule has 2 rings (SSSR count). The van der Waals surface area contributed by atoms with Gasteiger partial charge in [0.25, 0.3) is 0 Å². The Balaban J connectivity index is 1.82. The van der Waals surface area contributed by atoms with Crippen LogP contribution in [0.4, 0.5) is 8.78 Å². The molecule has 1 aliphatic carbocycles. The predicted octanol–water partition coefficient (Wildman–Crippen LogP) is 3.59. The highest BCUT2D eigenvalue weighted by atomic mass is 19.3. The molecular weight excluding hydrogens is 294 g/mol. The van der Waals surface area contributed by atoms with Gasteiger partial charge in [-0.25, -0.2) is 0 Å². The second-order valence-electron chi connectivity index (χ2n) is 5.27. The number of ether oxygens (including phenoxy) is 2. The zero-order chi connectivity index (χ0) is 15.9. The van der Waals surface area contributed by atoms with E-state index in [9.17, 15) is 18.4 Å². The molecule has 120 valence electrons. The Kier molecular flexibility index (Phi) is 5.86. The van der Waals surface area contributed by atoms with Crippen LogP contribution in [0.1, 0.15) is 42.5 Å². The molecule has 0 aliphatic heterocycles. The number of ketones is 1. The van der Waals surface area contributed by atoms with Gasteiger partial charge in [-0.05, 0) is 37.1 Å². The van der Waals surface area contributed by atoms with Gasteiger partial charge in [0, 0.05) is 5.56 Å². The highest BCUT2D eigenvalue weighted by molar-refractivity contribution is 5.98. The number of hydrogen-bond acceptors (Lipinski definition) is 4. The summed E-state index contributed by atoms with van der Waals surface area (Å²) in [5.41, 5.74) is 0.290. The van der Waals surface area contributed by atoms with E-state index in [2.05, 4.69) is 4.74 Å². The van der Waals surface area contributed by atoms with Crippen molar-refractivity contribution in [2.24, 2.45) is 5.92 Å². The van der Waals surface area contributed by atoms with Crippen LogP contribution in [0.15, 0.2) is 24.3 Å². The summed E-state index contributed by atoms with van der Waals surface area (Å²) in [5.74, 6) is -0.826. The van der Waals surface area contributed by atoms with E-state index in [1.54, 1.807) is 0 Å². The van der Waals surface area contributed by atoms with E-state index in [-0.39, 0.29) is 35.6 Å². The van der Waals surface area contributed by atoms with Crippen molar-refractivity contribution in [2.75, 3.05) is 6.61 Å². The number of carbonyl (C=O) groups excluding carboxylic acids is 2. The summed E-state index contributed by atoms with van der Waals surface area (Å²) >= 11 is 0. The number of hydrogen-bond donors (Lipinski definition) is 0. The molecule has 1 aliphatic rings. The van der Waals surface area contributed by atoms with Crippen LogP contribution in [0.2, 0.25) is 0 Å². The lowest BCUT2D eigenvalue weighted by atomic mass is 9.89. The number of Topliss-reactive ketones (excluding diaryl/α,β-unsaturated/α-hetero) is 1. The first-order chi connectivity index (χ1) is 10.6. The number of halogens is 2. The van der Waals surface area contributed by atoms with Crippen molar-refractivity contribution < 1.29 is 27.8 Å². The van der Waals surface area contributed by atoms with Crippen molar-refractivity contribution >= 4 is 11.8 Å². The lowest BCUT2D eigenvalue weighted by Gasteiger charge is -2.19. The van der Waals surface area contributed by atoms with E-state index < -0.39 is 6.61 Å². The molecule has 4 nitrogen and oxygen atoms in total. The van der Waals surface area contributed by atoms with E-state index in [0.29, 0.717) is 0 Å². The van der Waals surface area contributed by atoms with Gasteiger partial charge in [-0.1, -0.05) is 19.3 Å². The van der Waals surface area contributed by atoms with Gasteiger partial charge in [0.05, 0.1) is 5.92 Å². The van der Waals surface area contributed by atoms with Crippen molar-refractivity contribution in [3.8, 4) is 5.75 Å². The second kappa shape index (κ2) is 7.87. The number of alkyl halides is 2. The van der Waals surface area contributed by atoms with Gasteiger partial charge in [-0.15, -0.1) is 0 Å². The van der Waals surface area contributed by atoms with Crippen LogP contribution in [0, 0.1) is 5.92 Å². The molecule has 1 aromatic rings. The summed E-state index contributed by atoms with van der Waals surface area (Å²) in [4.78, 5) is 23.7. The SMILES string of the molecule is O=C(COC(=O)C1CCCCC1)c1ccc(OC(F)F)cc1. The van der Waals surface area contributed by atoms with Crippen LogP contribution in [-0.2, 0) is 9.53 Å². The molecule has 1 fully saturated rings. The van der Waals surface area contributed by atoms with Crippen molar-refractivity contribution in [3.63, 3.8) is 0 Å². The van der Waals surface area contributed by atoms with Crippen molar-refractivity contribution in [1.82, 2.24) is 0 Å². The summed E-state index contributed by atoms with van der Waals surface area (Å²) in [6.07, 6.45) is 4.79. The molecular formula is C16H18F2O4. The summed E-state index contributed by atoms with van der Waals surface area (Å²) in [7, 11) is 0. The van der Waals surface area contributed by atoms with Gasteiger partial charge in [0.1, 0.15) is 5.75 Å². The number of esters is 1. The van der Waals surface area contributed by atoms with Gasteiger partial charge in [-0.3, -0.25) is 9.59 Å². The third kappa shape index (κ3) is 4.79. The lowest BCUT2D eigenvalue weighted by molar-refractivity contribution is -0.148. The zero-order valence-corrected chi connectivity index (χ0v) is 12.1. The lowest BCUT2D eigenvalue weighted by Crippen LogP contribution is -2.23. The Morgan fingerprint density at radius 1 is 1.09 bits per heavy atom. The average Bonchev–Trinajstić information content (AvgIpc) is 2.53. The van der Waals surface area contributed by atoms with E-state index in [4.69, 9.17) is 4.74 Å². The average molecular weight is 312 g/mol. The van der Waals surface area contributed by atoms with Crippen LogP contribution in [0.3, 0.4) is 0 Å². The van der Waals surface area contributed by atoms with Gasteiger partial charge in [0.2, 0.25) is 0 Å². The Hall–Kier alpha value is -1.98. The topological polar surface area (TPSA) is 52.6 Å². The van der Waals surface area contributed by atoms with Gasteiger partial charge >= 0.3 is 12.6 Å². The maximum absolute atomic E-state index is 12.0. The van der Waals surface area contributed by atoms with Crippen LogP contribution < -0.4 is 4.74 Å². The summed E-state index contributed by atoms with van der Waals surface area (Å²) in [6.45, 7) is -3.23. The molecule has 0 amide bonds. The fourth-order valence-electron chi connectivity index (χ4n) is 2.50. The van der Waals surface area contributed by atoms with Gasteiger partial charge in [-0.2, -0.15) is 8.78 Å². The minimum Gasteiger partial charge on any atom is -0.457 e. The molecule has 0 bridgehead atoms. The number of carbonyl (C=O) groups is 2. The fraction of sp³-hybridized carbons (Fsp3) is 0.500. The summed E-state index contributed by atoms with van der Waals surface area (Å²) < 4.78 is 33.3. The van der Waals surface area contributed by atoms with Crippen LogP contribution in [-0.4, -0.2) is 25.0 Å². The largest absolute Gasteiger partial charge is 0.457 e. The summed E-state index contributed by atoms with van der Waals surface area (Å²) in [5, 5.41) is 0. The maximum atomic E-state index is 12.0. The molecule has 1 aromatic carbocycles. The molecule has 1 saturated carbocycles. The zero-order valence-electron chi connectivity index (χ0n) is 12.1. The van der Waals surface area contributed by atoms with E-state index >= 15 is 0 Å². The standard InChI is InChI=1S/C16H18F2O4/c17-16(18)22-13-8-6-11(7-9-13)14(19)10-21-15(20)12-4-2-1-3-5-12/h6-9,12,16H,1-5,10H2. The van der Waals surface area contributed by atoms with E-state index in [1.807, 2.05) is 0 Å². The molecule has 0 heterocycles. The molecule has 22 heavy (non-hydrogen) atoms. The third-order valence-corrected chi connectivity index (χ3v) is 3.69. The first-order valence-electron chi connectivity index (χ1n) is 7.31. The number of rotatable bonds is 6. The normalized spacial score (nSPS) is 15.6. The Morgan fingerprint density at radius 2 is 1.73 bits per heavy atom. The highest BCUT2D eigenvalue weighted by Crippen LogP contribution is 2.24. The molecule has 0 saturated heterocycles. The molecule has 0 radical (unpaired) electrons. The monoisotopic (exact) mass is 312 g/mol. The third-order valence-electron chi connectivity index (χ3n) is 3.69. The van der Waals surface area contributed by atoms with Crippen LogP contribution in [0.25, 0.3) is 0 Å². The molecule has 6 heteroatoms. The minimum absolute atomic E-state index is 0.0225. The molecule has 0 unspecified atom stereocenters. The molecule has 0 spiro atoms. The van der Waals surface area contributed by atoms with Crippen molar-refractivity contribution in [3.05, 3.63) is 29.8 Å². The molecule has 0 N–H and O–H groups in total. The molecule has 0 aromatic heterocycles.